The number of carbonyl (C=O) groups excluding carboxylic acids is 2. The Balaban J connectivity index is 1.41. The summed E-state index contributed by atoms with van der Waals surface area (Å²) in [6.07, 6.45) is 2.14. The Kier molecular flexibility index (Phi) is 6.98. The van der Waals surface area contributed by atoms with Crippen LogP contribution in [-0.2, 0) is 22.6 Å². The van der Waals surface area contributed by atoms with Gasteiger partial charge in [-0.15, -0.1) is 0 Å². The molecular formula is C26H29N3O5. The summed E-state index contributed by atoms with van der Waals surface area (Å²) in [6, 6.07) is 12.7. The molecule has 1 unspecified atom stereocenters. The first kappa shape index (κ1) is 23.5. The molecule has 4 rings (SSSR count). The number of amides is 2. The van der Waals surface area contributed by atoms with Gasteiger partial charge < -0.3 is 20.2 Å². The molecule has 1 saturated heterocycles. The van der Waals surface area contributed by atoms with Crippen molar-refractivity contribution in [3.63, 3.8) is 0 Å². The number of nitrogens with one attached hydrogen (secondary N) is 1. The fraction of sp³-hybridized carbons (Fsp3) is 0.346. The largest absolute Gasteiger partial charge is 0.497 e. The van der Waals surface area contributed by atoms with Crippen LogP contribution in [0.25, 0.3) is 11.0 Å². The van der Waals surface area contributed by atoms with E-state index in [1.165, 1.54) is 0 Å². The van der Waals surface area contributed by atoms with Gasteiger partial charge in [0.05, 0.1) is 13.2 Å². The summed E-state index contributed by atoms with van der Waals surface area (Å²) in [5.41, 5.74) is 8.49. The Morgan fingerprint density at radius 3 is 2.82 bits per heavy atom. The molecular weight excluding hydrogens is 434 g/mol. The molecule has 1 aromatic heterocycles. The highest BCUT2D eigenvalue weighted by molar-refractivity contribution is 5.91. The number of aryl methyl sites for hydroxylation is 1. The summed E-state index contributed by atoms with van der Waals surface area (Å²) in [4.78, 5) is 38.9. The van der Waals surface area contributed by atoms with Crippen molar-refractivity contribution in [3.05, 3.63) is 69.6 Å². The molecule has 1 atom stereocenters. The number of benzene rings is 2. The standard InChI is InChI=1S/C26H29N3O5/c1-16-20-9-8-19(33-2)14-23(20)34-26(32)21(16)10-11-24(30)28-18-6-3-5-17(13-18)15-29-12-4-7-22(29)25(27)31/h3,5-6,8-9,13-14,22H,4,7,10-12,15H2,1-2H3,(H2,27,31)(H,28,30). The van der Waals surface area contributed by atoms with E-state index < -0.39 is 5.63 Å². The first-order valence-electron chi connectivity index (χ1n) is 11.4. The maximum absolute atomic E-state index is 12.6. The van der Waals surface area contributed by atoms with Gasteiger partial charge in [-0.2, -0.15) is 0 Å². The van der Waals surface area contributed by atoms with Gasteiger partial charge in [0.1, 0.15) is 11.3 Å². The molecule has 0 spiro atoms. The van der Waals surface area contributed by atoms with Gasteiger partial charge in [-0.3, -0.25) is 14.5 Å². The van der Waals surface area contributed by atoms with E-state index in [1.54, 1.807) is 13.2 Å². The Labute approximate surface area is 197 Å². The molecule has 8 heteroatoms. The highest BCUT2D eigenvalue weighted by Crippen LogP contribution is 2.25. The monoisotopic (exact) mass is 463 g/mol. The van der Waals surface area contributed by atoms with E-state index in [-0.39, 0.29) is 30.7 Å². The molecule has 2 amide bonds. The summed E-state index contributed by atoms with van der Waals surface area (Å²) in [5, 5.41) is 3.72. The molecule has 1 aliphatic rings. The number of methoxy groups -OCH3 is 1. The quantitative estimate of drug-likeness (QED) is 0.496. The minimum atomic E-state index is -0.442. The summed E-state index contributed by atoms with van der Waals surface area (Å²) in [7, 11) is 1.55. The third-order valence-corrected chi connectivity index (χ3v) is 6.39. The van der Waals surface area contributed by atoms with Crippen molar-refractivity contribution in [2.45, 2.75) is 45.2 Å². The van der Waals surface area contributed by atoms with E-state index >= 15 is 0 Å². The number of likely N-dealkylation sites (tertiary alicyclic amines) is 1. The minimum absolute atomic E-state index is 0.146. The van der Waals surface area contributed by atoms with Crippen molar-refractivity contribution in [3.8, 4) is 5.75 Å². The zero-order valence-corrected chi connectivity index (χ0v) is 19.4. The molecule has 1 aliphatic heterocycles. The fourth-order valence-corrected chi connectivity index (χ4v) is 4.57. The predicted molar refractivity (Wildman–Crippen MR) is 130 cm³/mol. The highest BCUT2D eigenvalue weighted by atomic mass is 16.5. The fourth-order valence-electron chi connectivity index (χ4n) is 4.57. The van der Waals surface area contributed by atoms with Gasteiger partial charge in [-0.25, -0.2) is 4.79 Å². The number of anilines is 1. The van der Waals surface area contributed by atoms with E-state index in [0.29, 0.717) is 29.1 Å². The van der Waals surface area contributed by atoms with Gasteiger partial charge in [0.15, 0.2) is 0 Å². The normalized spacial score (nSPS) is 16.0. The van der Waals surface area contributed by atoms with Gasteiger partial charge in [0.25, 0.3) is 0 Å². The zero-order chi connectivity index (χ0) is 24.2. The van der Waals surface area contributed by atoms with Gasteiger partial charge in [-0.1, -0.05) is 12.1 Å². The third-order valence-electron chi connectivity index (χ3n) is 6.39. The van der Waals surface area contributed by atoms with E-state index in [1.807, 2.05) is 43.3 Å². The van der Waals surface area contributed by atoms with Crippen molar-refractivity contribution in [2.75, 3.05) is 19.0 Å². The summed E-state index contributed by atoms with van der Waals surface area (Å²) < 4.78 is 10.7. The molecule has 0 radical (unpaired) electrons. The molecule has 2 aromatic carbocycles. The van der Waals surface area contributed by atoms with E-state index in [9.17, 15) is 14.4 Å². The molecule has 8 nitrogen and oxygen atoms in total. The lowest BCUT2D eigenvalue weighted by molar-refractivity contribution is -0.122. The SMILES string of the molecule is COc1ccc2c(C)c(CCC(=O)Nc3cccc(CN4CCCC4C(N)=O)c3)c(=O)oc2c1. The molecule has 0 bridgehead atoms. The smallest absolute Gasteiger partial charge is 0.339 e. The summed E-state index contributed by atoms with van der Waals surface area (Å²) >= 11 is 0. The second kappa shape index (κ2) is 10.1. The van der Waals surface area contributed by atoms with Crippen LogP contribution < -0.4 is 21.4 Å². The molecule has 0 aliphatic carbocycles. The van der Waals surface area contributed by atoms with Crippen molar-refractivity contribution >= 4 is 28.5 Å². The van der Waals surface area contributed by atoms with Crippen LogP contribution in [0.5, 0.6) is 5.75 Å². The topological polar surface area (TPSA) is 115 Å². The number of nitrogens with zero attached hydrogens (tertiary/aromatic N) is 1. The first-order valence-corrected chi connectivity index (χ1v) is 11.4. The molecule has 2 heterocycles. The predicted octanol–water partition coefficient (Wildman–Crippen LogP) is 3.13. The van der Waals surface area contributed by atoms with Gasteiger partial charge in [-0.05, 0) is 68.1 Å². The number of fused-ring (bicyclic) bond motifs is 1. The van der Waals surface area contributed by atoms with Crippen molar-refractivity contribution in [2.24, 2.45) is 5.73 Å². The van der Waals surface area contributed by atoms with Gasteiger partial charge in [0, 0.05) is 35.7 Å². The van der Waals surface area contributed by atoms with E-state index in [4.69, 9.17) is 14.9 Å². The van der Waals surface area contributed by atoms with Gasteiger partial charge >= 0.3 is 5.63 Å². The highest BCUT2D eigenvalue weighted by Gasteiger charge is 2.28. The van der Waals surface area contributed by atoms with Crippen LogP contribution in [0.2, 0.25) is 0 Å². The second-order valence-electron chi connectivity index (χ2n) is 8.63. The number of hydrogen-bond donors (Lipinski definition) is 2. The molecule has 178 valence electrons. The molecule has 1 fully saturated rings. The van der Waals surface area contributed by atoms with Crippen LogP contribution in [-0.4, -0.2) is 36.4 Å². The summed E-state index contributed by atoms with van der Waals surface area (Å²) in [6.45, 7) is 3.28. The van der Waals surface area contributed by atoms with Crippen LogP contribution in [0.4, 0.5) is 5.69 Å². The van der Waals surface area contributed by atoms with E-state index in [0.717, 1.165) is 35.9 Å². The molecule has 3 N–H and O–H groups in total. The maximum atomic E-state index is 12.6. The van der Waals surface area contributed by atoms with Crippen molar-refractivity contribution in [1.82, 2.24) is 4.90 Å². The van der Waals surface area contributed by atoms with Crippen molar-refractivity contribution < 1.29 is 18.7 Å². The zero-order valence-electron chi connectivity index (χ0n) is 19.4. The minimum Gasteiger partial charge on any atom is -0.497 e. The number of carbonyl (C=O) groups is 2. The second-order valence-corrected chi connectivity index (χ2v) is 8.63. The van der Waals surface area contributed by atoms with Crippen LogP contribution in [0.15, 0.2) is 51.7 Å². The lowest BCUT2D eigenvalue weighted by atomic mass is 10.0. The first-order chi connectivity index (χ1) is 16.4. The van der Waals surface area contributed by atoms with E-state index in [2.05, 4.69) is 10.2 Å². The number of primary amides is 1. The van der Waals surface area contributed by atoms with Crippen LogP contribution in [0.1, 0.15) is 36.0 Å². The van der Waals surface area contributed by atoms with Crippen LogP contribution in [0.3, 0.4) is 0 Å². The third kappa shape index (κ3) is 5.12. The lowest BCUT2D eigenvalue weighted by Gasteiger charge is -2.22. The number of nitrogens with two attached hydrogens (primary N) is 1. The Morgan fingerprint density at radius 1 is 1.24 bits per heavy atom. The average molecular weight is 464 g/mol. The Bertz CT molecular complexity index is 1280. The molecule has 3 aromatic rings. The Morgan fingerprint density at radius 2 is 2.06 bits per heavy atom. The number of rotatable bonds is 8. The van der Waals surface area contributed by atoms with Gasteiger partial charge in [0.2, 0.25) is 11.8 Å². The Hall–Kier alpha value is -3.65. The number of hydrogen-bond acceptors (Lipinski definition) is 6. The molecule has 0 saturated carbocycles. The average Bonchev–Trinajstić information content (AvgIpc) is 3.27. The molecule has 34 heavy (non-hydrogen) atoms. The summed E-state index contributed by atoms with van der Waals surface area (Å²) in [5.74, 6) is 0.121. The van der Waals surface area contributed by atoms with Crippen molar-refractivity contribution in [1.29, 1.82) is 0 Å². The number of ether oxygens (including phenoxy) is 1. The van der Waals surface area contributed by atoms with Crippen LogP contribution in [0, 0.1) is 6.92 Å². The lowest BCUT2D eigenvalue weighted by Crippen LogP contribution is -2.39. The van der Waals surface area contributed by atoms with Crippen LogP contribution >= 0.6 is 0 Å². The maximum Gasteiger partial charge on any atom is 0.339 e.